The van der Waals surface area contributed by atoms with E-state index in [0.717, 1.165) is 19.3 Å². The fourth-order valence-electron chi connectivity index (χ4n) is 2.38. The van der Waals surface area contributed by atoms with Crippen LogP contribution in [0.25, 0.3) is 0 Å². The molecule has 1 atom stereocenters. The average molecular weight is 287 g/mol. The van der Waals surface area contributed by atoms with Crippen molar-refractivity contribution in [2.75, 3.05) is 26.4 Å². The molecular weight excluding hydrogens is 258 g/mol. The molecule has 5 heteroatoms. The van der Waals surface area contributed by atoms with Gasteiger partial charge in [-0.2, -0.15) is 0 Å². The van der Waals surface area contributed by atoms with E-state index in [0.29, 0.717) is 25.7 Å². The second kappa shape index (κ2) is 7.27. The van der Waals surface area contributed by atoms with Crippen molar-refractivity contribution in [2.24, 2.45) is 11.3 Å². The summed E-state index contributed by atoms with van der Waals surface area (Å²) in [5.41, 5.74) is -0.775. The summed E-state index contributed by atoms with van der Waals surface area (Å²) in [6.45, 7) is 9.26. The maximum absolute atomic E-state index is 11.7. The summed E-state index contributed by atoms with van der Waals surface area (Å²) in [6.07, 6.45) is 2.57. The highest BCUT2D eigenvalue weighted by molar-refractivity contribution is 5.67. The summed E-state index contributed by atoms with van der Waals surface area (Å²) in [5.74, 6) is 0.475. The van der Waals surface area contributed by atoms with Crippen LogP contribution in [0.1, 0.15) is 47.0 Å². The number of amides is 1. The van der Waals surface area contributed by atoms with Gasteiger partial charge >= 0.3 is 6.09 Å². The predicted octanol–water partition coefficient (Wildman–Crippen LogP) is 2.33. The molecule has 1 rings (SSSR count). The van der Waals surface area contributed by atoms with Crippen molar-refractivity contribution in [2.45, 2.75) is 52.6 Å². The van der Waals surface area contributed by atoms with Crippen molar-refractivity contribution < 1.29 is 19.4 Å². The molecule has 1 aliphatic carbocycles. The molecule has 0 aromatic heterocycles. The number of hydrogen-bond acceptors (Lipinski definition) is 4. The molecule has 1 unspecified atom stereocenters. The minimum Gasteiger partial charge on any atom is -0.444 e. The quantitative estimate of drug-likeness (QED) is 0.672. The number of nitrogens with one attached hydrogen (secondary N) is 1. The molecule has 0 aromatic carbocycles. The van der Waals surface area contributed by atoms with E-state index < -0.39 is 11.7 Å². The molecule has 0 spiro atoms. The van der Waals surface area contributed by atoms with Gasteiger partial charge in [0.1, 0.15) is 5.60 Å². The van der Waals surface area contributed by atoms with Crippen LogP contribution in [0.2, 0.25) is 0 Å². The first-order chi connectivity index (χ1) is 9.33. The third kappa shape index (κ3) is 5.67. The molecule has 20 heavy (non-hydrogen) atoms. The zero-order valence-corrected chi connectivity index (χ0v) is 13.2. The standard InChI is InChI=1S/C15H29NO4/c1-5-19-9-8-15(11-17,12-6-7-12)10-16-13(18)20-14(2,3)4/h12,17H,5-11H2,1-4H3,(H,16,18). The Kier molecular flexibility index (Phi) is 6.27. The van der Waals surface area contributed by atoms with Gasteiger partial charge in [0.25, 0.3) is 0 Å². The van der Waals surface area contributed by atoms with Gasteiger partial charge in [0, 0.05) is 25.2 Å². The molecule has 5 nitrogen and oxygen atoms in total. The van der Waals surface area contributed by atoms with E-state index in [1.54, 1.807) is 0 Å². The second-order valence-electron chi connectivity index (χ2n) is 6.60. The summed E-state index contributed by atoms with van der Waals surface area (Å²) in [5, 5.41) is 12.6. The molecule has 0 radical (unpaired) electrons. The van der Waals surface area contributed by atoms with E-state index in [1.807, 2.05) is 27.7 Å². The van der Waals surface area contributed by atoms with Crippen LogP contribution in [0.5, 0.6) is 0 Å². The maximum atomic E-state index is 11.7. The lowest BCUT2D eigenvalue weighted by atomic mass is 9.80. The normalized spacial score (nSPS) is 18.4. The molecule has 0 bridgehead atoms. The third-order valence-electron chi connectivity index (χ3n) is 3.69. The lowest BCUT2D eigenvalue weighted by molar-refractivity contribution is 0.0304. The molecule has 0 heterocycles. The lowest BCUT2D eigenvalue weighted by Gasteiger charge is -2.32. The van der Waals surface area contributed by atoms with Gasteiger partial charge < -0.3 is 19.9 Å². The minimum atomic E-state index is -0.503. The Morgan fingerprint density at radius 1 is 1.35 bits per heavy atom. The van der Waals surface area contributed by atoms with Gasteiger partial charge in [-0.15, -0.1) is 0 Å². The topological polar surface area (TPSA) is 67.8 Å². The Labute approximate surface area is 122 Å². The SMILES string of the molecule is CCOCCC(CO)(CNC(=O)OC(C)(C)C)C1CC1. The smallest absolute Gasteiger partial charge is 0.407 e. The van der Waals surface area contributed by atoms with Gasteiger partial charge in [-0.3, -0.25) is 0 Å². The molecular formula is C15H29NO4. The van der Waals surface area contributed by atoms with Crippen molar-refractivity contribution in [3.63, 3.8) is 0 Å². The molecule has 118 valence electrons. The van der Waals surface area contributed by atoms with Crippen molar-refractivity contribution in [1.82, 2.24) is 5.32 Å². The van der Waals surface area contributed by atoms with Gasteiger partial charge in [0.05, 0.1) is 6.61 Å². The fraction of sp³-hybridized carbons (Fsp3) is 0.933. The summed E-state index contributed by atoms with van der Waals surface area (Å²) >= 11 is 0. The summed E-state index contributed by atoms with van der Waals surface area (Å²) in [7, 11) is 0. The van der Waals surface area contributed by atoms with Crippen LogP contribution in [0.4, 0.5) is 4.79 Å². The lowest BCUT2D eigenvalue weighted by Crippen LogP contribution is -2.44. The number of hydrogen-bond donors (Lipinski definition) is 2. The zero-order valence-electron chi connectivity index (χ0n) is 13.2. The summed E-state index contributed by atoms with van der Waals surface area (Å²) in [4.78, 5) is 11.7. The van der Waals surface area contributed by atoms with E-state index in [9.17, 15) is 9.90 Å². The molecule has 1 amide bonds. The van der Waals surface area contributed by atoms with Crippen molar-refractivity contribution >= 4 is 6.09 Å². The van der Waals surface area contributed by atoms with Crippen LogP contribution in [-0.4, -0.2) is 43.2 Å². The van der Waals surface area contributed by atoms with Crippen molar-refractivity contribution in [1.29, 1.82) is 0 Å². The molecule has 2 N–H and O–H groups in total. The van der Waals surface area contributed by atoms with Crippen LogP contribution in [-0.2, 0) is 9.47 Å². The average Bonchev–Trinajstić information content (AvgIpc) is 3.16. The molecule has 0 aliphatic heterocycles. The van der Waals surface area contributed by atoms with Crippen LogP contribution in [0.3, 0.4) is 0 Å². The van der Waals surface area contributed by atoms with Gasteiger partial charge in [-0.05, 0) is 52.9 Å². The Morgan fingerprint density at radius 2 is 2.00 bits per heavy atom. The Morgan fingerprint density at radius 3 is 2.45 bits per heavy atom. The second-order valence-corrected chi connectivity index (χ2v) is 6.60. The maximum Gasteiger partial charge on any atom is 0.407 e. The largest absolute Gasteiger partial charge is 0.444 e. The highest BCUT2D eigenvalue weighted by Crippen LogP contribution is 2.47. The van der Waals surface area contributed by atoms with Crippen molar-refractivity contribution in [3.8, 4) is 0 Å². The van der Waals surface area contributed by atoms with E-state index in [-0.39, 0.29) is 12.0 Å². The van der Waals surface area contributed by atoms with E-state index in [4.69, 9.17) is 9.47 Å². The molecule has 1 fully saturated rings. The molecule has 0 aromatic rings. The van der Waals surface area contributed by atoms with Gasteiger partial charge in [0.15, 0.2) is 0 Å². The highest BCUT2D eigenvalue weighted by Gasteiger charge is 2.44. The van der Waals surface area contributed by atoms with E-state index in [2.05, 4.69) is 5.32 Å². The molecule has 1 saturated carbocycles. The number of alkyl carbamates (subject to hydrolysis) is 1. The number of aliphatic hydroxyl groups excluding tert-OH is 1. The Hall–Kier alpha value is -0.810. The predicted molar refractivity (Wildman–Crippen MR) is 77.6 cm³/mol. The molecule has 0 saturated heterocycles. The van der Waals surface area contributed by atoms with Gasteiger partial charge in [0.2, 0.25) is 0 Å². The summed E-state index contributed by atoms with van der Waals surface area (Å²) in [6, 6.07) is 0. The first-order valence-corrected chi connectivity index (χ1v) is 7.48. The van der Waals surface area contributed by atoms with Crippen LogP contribution < -0.4 is 5.32 Å². The van der Waals surface area contributed by atoms with Gasteiger partial charge in [-0.25, -0.2) is 4.79 Å². The Bertz CT molecular complexity index is 309. The van der Waals surface area contributed by atoms with Crippen molar-refractivity contribution in [3.05, 3.63) is 0 Å². The zero-order chi connectivity index (χ0) is 15.2. The number of carbonyl (C=O) groups is 1. The number of aliphatic hydroxyl groups is 1. The van der Waals surface area contributed by atoms with Crippen LogP contribution >= 0.6 is 0 Å². The number of rotatable bonds is 8. The first kappa shape index (κ1) is 17.2. The Balaban J connectivity index is 2.50. The molecule has 1 aliphatic rings. The third-order valence-corrected chi connectivity index (χ3v) is 3.69. The summed E-state index contributed by atoms with van der Waals surface area (Å²) < 4.78 is 10.6. The number of ether oxygens (including phenoxy) is 2. The van der Waals surface area contributed by atoms with E-state index in [1.165, 1.54) is 0 Å². The monoisotopic (exact) mass is 287 g/mol. The number of carbonyl (C=O) groups excluding carboxylic acids is 1. The van der Waals surface area contributed by atoms with Gasteiger partial charge in [-0.1, -0.05) is 0 Å². The van der Waals surface area contributed by atoms with Crippen LogP contribution in [0.15, 0.2) is 0 Å². The highest BCUT2D eigenvalue weighted by atomic mass is 16.6. The fourth-order valence-corrected chi connectivity index (χ4v) is 2.38. The minimum absolute atomic E-state index is 0.0700. The van der Waals surface area contributed by atoms with E-state index >= 15 is 0 Å². The van der Waals surface area contributed by atoms with Crippen LogP contribution in [0, 0.1) is 11.3 Å². The first-order valence-electron chi connectivity index (χ1n) is 7.48.